The van der Waals surface area contributed by atoms with Gasteiger partial charge >= 0.3 is 0 Å². The molecule has 4 fully saturated rings. The molecule has 6 atom stereocenters. The second kappa shape index (κ2) is 6.74. The molecule has 33 heavy (non-hydrogen) atoms. The first-order valence-corrected chi connectivity index (χ1v) is 12.4. The van der Waals surface area contributed by atoms with Crippen molar-refractivity contribution in [2.24, 2.45) is 11.3 Å². The maximum absolute atomic E-state index is 10.8. The number of methoxy groups -OCH3 is 1. The SMILES string of the molecule is CO[C@]12CC[C@@]3(C[C@@H]1COCc1ccccc1)[C@H]1Cc4ccc(O)c5c4[C@@]3(CCN1C)[C@H]2O5. The quantitative estimate of drug-likeness (QED) is 0.749. The summed E-state index contributed by atoms with van der Waals surface area (Å²) in [5, 5.41) is 10.8. The average molecular weight is 448 g/mol. The molecule has 2 aliphatic heterocycles. The molecule has 1 saturated heterocycles. The third-order valence-corrected chi connectivity index (χ3v) is 10.2. The Hall–Kier alpha value is -2.08. The number of phenols is 1. The molecule has 2 aromatic carbocycles. The van der Waals surface area contributed by atoms with Crippen LogP contribution in [0.5, 0.6) is 11.5 Å². The summed E-state index contributed by atoms with van der Waals surface area (Å²) in [5.74, 6) is 1.29. The van der Waals surface area contributed by atoms with Crippen LogP contribution in [0, 0.1) is 11.3 Å². The fraction of sp³-hybridized carbons (Fsp3) is 0.571. The Morgan fingerprint density at radius 3 is 2.79 bits per heavy atom. The van der Waals surface area contributed by atoms with Gasteiger partial charge in [-0.3, -0.25) is 0 Å². The van der Waals surface area contributed by atoms with Crippen LogP contribution in [-0.4, -0.2) is 55.1 Å². The number of piperidine rings is 1. The van der Waals surface area contributed by atoms with Crippen molar-refractivity contribution < 1.29 is 19.3 Å². The summed E-state index contributed by atoms with van der Waals surface area (Å²) >= 11 is 0. The van der Waals surface area contributed by atoms with E-state index in [0.29, 0.717) is 19.3 Å². The molecule has 2 heterocycles. The predicted octanol–water partition coefficient (Wildman–Crippen LogP) is 4.05. The minimum atomic E-state index is -0.390. The van der Waals surface area contributed by atoms with Crippen LogP contribution in [0.25, 0.3) is 0 Å². The number of aromatic hydroxyl groups is 1. The molecule has 2 spiro atoms. The normalized spacial score (nSPS) is 39.9. The minimum absolute atomic E-state index is 0.0682. The molecule has 4 aliphatic carbocycles. The molecule has 0 radical (unpaired) electrons. The fourth-order valence-electron chi connectivity index (χ4n) is 8.92. The Kier molecular flexibility index (Phi) is 4.15. The van der Waals surface area contributed by atoms with E-state index in [4.69, 9.17) is 14.2 Å². The van der Waals surface area contributed by atoms with E-state index >= 15 is 0 Å². The zero-order chi connectivity index (χ0) is 22.4. The van der Waals surface area contributed by atoms with Crippen molar-refractivity contribution in [2.45, 2.75) is 61.9 Å². The van der Waals surface area contributed by atoms with Gasteiger partial charge in [-0.1, -0.05) is 36.4 Å². The van der Waals surface area contributed by atoms with Crippen LogP contribution in [-0.2, 0) is 27.9 Å². The van der Waals surface area contributed by atoms with E-state index in [1.807, 2.05) is 19.2 Å². The summed E-state index contributed by atoms with van der Waals surface area (Å²) in [4.78, 5) is 2.60. The van der Waals surface area contributed by atoms with Crippen molar-refractivity contribution in [2.75, 3.05) is 27.3 Å². The number of ether oxygens (including phenoxy) is 3. The number of hydrogen-bond acceptors (Lipinski definition) is 5. The van der Waals surface area contributed by atoms with Gasteiger partial charge in [0.2, 0.25) is 0 Å². The lowest BCUT2D eigenvalue weighted by Crippen LogP contribution is -2.81. The lowest BCUT2D eigenvalue weighted by Gasteiger charge is -2.73. The highest BCUT2D eigenvalue weighted by Gasteiger charge is 2.80. The molecule has 3 saturated carbocycles. The summed E-state index contributed by atoms with van der Waals surface area (Å²) in [5.41, 5.74) is 3.55. The number of benzene rings is 2. The lowest BCUT2D eigenvalue weighted by atomic mass is 9.35. The Bertz CT molecular complexity index is 1100. The van der Waals surface area contributed by atoms with Crippen LogP contribution in [0.15, 0.2) is 42.5 Å². The summed E-state index contributed by atoms with van der Waals surface area (Å²) in [6.07, 6.45) is 5.27. The number of fused-ring (bicyclic) bond motifs is 2. The lowest BCUT2D eigenvalue weighted by molar-refractivity contribution is -0.282. The van der Waals surface area contributed by atoms with Gasteiger partial charge in [-0.25, -0.2) is 0 Å². The second-order valence-electron chi connectivity index (χ2n) is 11.1. The van der Waals surface area contributed by atoms with E-state index < -0.39 is 0 Å². The number of rotatable bonds is 5. The van der Waals surface area contributed by atoms with Crippen LogP contribution in [0.4, 0.5) is 0 Å². The summed E-state index contributed by atoms with van der Waals surface area (Å²) in [6, 6.07) is 14.9. The van der Waals surface area contributed by atoms with Crippen molar-refractivity contribution in [3.8, 4) is 11.5 Å². The predicted molar refractivity (Wildman–Crippen MR) is 125 cm³/mol. The van der Waals surface area contributed by atoms with Gasteiger partial charge in [-0.2, -0.15) is 0 Å². The van der Waals surface area contributed by atoms with E-state index in [9.17, 15) is 5.11 Å². The van der Waals surface area contributed by atoms with Gasteiger partial charge in [0, 0.05) is 35.5 Å². The maximum atomic E-state index is 10.8. The van der Waals surface area contributed by atoms with Crippen LogP contribution in [0.2, 0.25) is 0 Å². The van der Waals surface area contributed by atoms with Crippen molar-refractivity contribution in [1.29, 1.82) is 0 Å². The van der Waals surface area contributed by atoms with E-state index in [0.717, 1.165) is 44.4 Å². The van der Waals surface area contributed by atoms with E-state index in [1.54, 1.807) is 0 Å². The molecular weight excluding hydrogens is 414 g/mol. The van der Waals surface area contributed by atoms with Crippen LogP contribution < -0.4 is 4.74 Å². The smallest absolute Gasteiger partial charge is 0.165 e. The molecule has 6 aliphatic rings. The second-order valence-corrected chi connectivity index (χ2v) is 11.1. The highest BCUT2D eigenvalue weighted by molar-refractivity contribution is 5.63. The molecule has 0 amide bonds. The Balaban J connectivity index is 1.32. The molecule has 0 unspecified atom stereocenters. The van der Waals surface area contributed by atoms with E-state index in [1.165, 1.54) is 16.7 Å². The van der Waals surface area contributed by atoms with Crippen molar-refractivity contribution in [3.63, 3.8) is 0 Å². The van der Waals surface area contributed by atoms with E-state index in [-0.39, 0.29) is 34.2 Å². The largest absolute Gasteiger partial charge is 0.504 e. The van der Waals surface area contributed by atoms with Crippen LogP contribution >= 0.6 is 0 Å². The van der Waals surface area contributed by atoms with E-state index in [2.05, 4.69) is 42.3 Å². The number of likely N-dealkylation sites (N-methyl/N-ethyl adjacent to an activating group) is 1. The number of likely N-dealkylation sites (tertiary alicyclic amines) is 1. The molecule has 5 heteroatoms. The minimum Gasteiger partial charge on any atom is -0.504 e. The third-order valence-electron chi connectivity index (χ3n) is 10.2. The molecule has 1 N–H and O–H groups in total. The van der Waals surface area contributed by atoms with Gasteiger partial charge in [0.1, 0.15) is 11.7 Å². The van der Waals surface area contributed by atoms with Crippen LogP contribution in [0.3, 0.4) is 0 Å². The average Bonchev–Trinajstić information content (AvgIpc) is 3.21. The van der Waals surface area contributed by atoms with Gasteiger partial charge < -0.3 is 24.2 Å². The maximum Gasteiger partial charge on any atom is 0.165 e. The molecule has 174 valence electrons. The van der Waals surface area contributed by atoms with Crippen LogP contribution in [0.1, 0.15) is 42.4 Å². The Labute approximate surface area is 195 Å². The highest BCUT2D eigenvalue weighted by atomic mass is 16.6. The fourth-order valence-corrected chi connectivity index (χ4v) is 8.92. The molecule has 0 aromatic heterocycles. The zero-order valence-electron chi connectivity index (χ0n) is 19.5. The third kappa shape index (κ3) is 2.29. The molecule has 4 bridgehead atoms. The van der Waals surface area contributed by atoms with Gasteiger partial charge in [0.05, 0.1) is 13.2 Å². The van der Waals surface area contributed by atoms with Crippen molar-refractivity contribution in [1.82, 2.24) is 4.90 Å². The topological polar surface area (TPSA) is 51.2 Å². The van der Waals surface area contributed by atoms with Gasteiger partial charge in [-0.15, -0.1) is 0 Å². The van der Waals surface area contributed by atoms with Crippen molar-refractivity contribution >= 4 is 0 Å². The van der Waals surface area contributed by atoms with Crippen molar-refractivity contribution in [3.05, 3.63) is 59.2 Å². The summed E-state index contributed by atoms with van der Waals surface area (Å²) < 4.78 is 19.6. The highest BCUT2D eigenvalue weighted by Crippen LogP contribution is 2.76. The summed E-state index contributed by atoms with van der Waals surface area (Å²) in [6.45, 7) is 2.36. The van der Waals surface area contributed by atoms with Gasteiger partial charge in [0.25, 0.3) is 0 Å². The summed E-state index contributed by atoms with van der Waals surface area (Å²) in [7, 11) is 4.17. The van der Waals surface area contributed by atoms with Gasteiger partial charge in [-0.05, 0) is 62.9 Å². The standard InChI is InChI=1S/C28H33NO4/c1-29-13-12-27-23-19-8-9-21(30)24(23)33-25(27)28(31-2)11-10-26(27,22(29)14-19)15-20(28)17-32-16-18-6-4-3-5-7-18/h3-9,20,22,25,30H,10-17H2,1-2H3/t20-,22-,25-,26-,27+,28-/m1/s1. The first kappa shape index (κ1) is 20.3. The molecule has 2 aromatic rings. The Morgan fingerprint density at radius 1 is 1.12 bits per heavy atom. The molecular formula is C28H33NO4. The number of hydrogen-bond donors (Lipinski definition) is 1. The first-order chi connectivity index (χ1) is 16.1. The molecule has 8 rings (SSSR count). The zero-order valence-corrected chi connectivity index (χ0v) is 19.5. The number of nitrogens with zero attached hydrogens (tertiary/aromatic N) is 1. The number of phenolic OH excluding ortho intramolecular Hbond substituents is 1. The Morgan fingerprint density at radius 2 is 1.97 bits per heavy atom. The molecule has 5 nitrogen and oxygen atoms in total. The monoisotopic (exact) mass is 447 g/mol. The van der Waals surface area contributed by atoms with Gasteiger partial charge in [0.15, 0.2) is 11.5 Å². The first-order valence-electron chi connectivity index (χ1n) is 12.4.